The summed E-state index contributed by atoms with van der Waals surface area (Å²) >= 11 is 0. The van der Waals surface area contributed by atoms with Crippen LogP contribution in [-0.4, -0.2) is 24.0 Å². The summed E-state index contributed by atoms with van der Waals surface area (Å²) in [5.41, 5.74) is 0.108. The number of anilines is 1. The summed E-state index contributed by atoms with van der Waals surface area (Å²) in [5, 5.41) is 13.3. The zero-order chi connectivity index (χ0) is 17.7. The molecular weight excluding hydrogens is 319 g/mol. The second-order valence-corrected chi connectivity index (χ2v) is 4.85. The molecule has 0 spiro atoms. The number of hydrogen-bond acceptors (Lipinski definition) is 5. The van der Waals surface area contributed by atoms with Crippen LogP contribution in [0, 0.1) is 15.9 Å². The Labute approximate surface area is 137 Å². The summed E-state index contributed by atoms with van der Waals surface area (Å²) in [6, 6.07) is 9.23. The van der Waals surface area contributed by atoms with Gasteiger partial charge >= 0.3 is 0 Å². The molecule has 0 aliphatic heterocycles. The van der Waals surface area contributed by atoms with Crippen molar-refractivity contribution in [3.05, 3.63) is 58.4 Å². The van der Waals surface area contributed by atoms with Crippen LogP contribution in [0.3, 0.4) is 0 Å². The van der Waals surface area contributed by atoms with Gasteiger partial charge in [-0.1, -0.05) is 6.07 Å². The minimum Gasteiger partial charge on any atom is -0.494 e. The van der Waals surface area contributed by atoms with Gasteiger partial charge in [0.15, 0.2) is 6.10 Å². The molecule has 0 saturated carbocycles. The number of non-ortho nitro benzene ring substituents is 1. The van der Waals surface area contributed by atoms with Crippen molar-refractivity contribution in [2.24, 2.45) is 0 Å². The van der Waals surface area contributed by atoms with E-state index in [2.05, 4.69) is 5.32 Å². The lowest BCUT2D eigenvalue weighted by Crippen LogP contribution is -2.30. The second-order valence-electron chi connectivity index (χ2n) is 4.85. The number of hydrogen-bond donors (Lipinski definition) is 1. The maximum atomic E-state index is 13.1. The molecule has 0 aromatic heterocycles. The molecule has 0 aliphatic rings. The molecular formula is C16H15FN2O5. The molecule has 2 rings (SSSR count). The minimum absolute atomic E-state index is 0.149. The number of halogens is 1. The van der Waals surface area contributed by atoms with Gasteiger partial charge in [-0.3, -0.25) is 14.9 Å². The lowest BCUT2D eigenvalue weighted by molar-refractivity contribution is -0.384. The van der Waals surface area contributed by atoms with Crippen molar-refractivity contribution in [1.29, 1.82) is 0 Å². The van der Waals surface area contributed by atoms with Gasteiger partial charge in [0.1, 0.15) is 17.3 Å². The van der Waals surface area contributed by atoms with Crippen molar-refractivity contribution in [2.45, 2.75) is 13.0 Å². The summed E-state index contributed by atoms with van der Waals surface area (Å²) in [7, 11) is 1.33. The first-order valence-electron chi connectivity index (χ1n) is 6.96. The number of nitro benzene ring substituents is 1. The van der Waals surface area contributed by atoms with E-state index in [1.165, 1.54) is 50.4 Å². The molecule has 0 bridgehead atoms. The molecule has 0 fully saturated rings. The van der Waals surface area contributed by atoms with Gasteiger partial charge in [0.25, 0.3) is 11.6 Å². The Morgan fingerprint density at radius 3 is 2.67 bits per heavy atom. The molecule has 1 amide bonds. The zero-order valence-corrected chi connectivity index (χ0v) is 13.0. The number of nitro groups is 1. The van der Waals surface area contributed by atoms with Gasteiger partial charge in [0.2, 0.25) is 0 Å². The quantitative estimate of drug-likeness (QED) is 0.647. The van der Waals surface area contributed by atoms with Crippen LogP contribution in [0.5, 0.6) is 11.5 Å². The highest BCUT2D eigenvalue weighted by molar-refractivity contribution is 5.95. The number of carbonyl (C=O) groups is 1. The van der Waals surface area contributed by atoms with Gasteiger partial charge in [-0.15, -0.1) is 0 Å². The van der Waals surface area contributed by atoms with Gasteiger partial charge in [-0.25, -0.2) is 4.39 Å². The number of rotatable bonds is 6. The maximum Gasteiger partial charge on any atom is 0.273 e. The third-order valence-corrected chi connectivity index (χ3v) is 3.13. The predicted octanol–water partition coefficient (Wildman–Crippen LogP) is 3.15. The van der Waals surface area contributed by atoms with Crippen molar-refractivity contribution in [3.63, 3.8) is 0 Å². The highest BCUT2D eigenvalue weighted by Crippen LogP contribution is 2.29. The number of benzene rings is 2. The van der Waals surface area contributed by atoms with E-state index in [0.717, 1.165) is 6.07 Å². The lowest BCUT2D eigenvalue weighted by Gasteiger charge is -2.16. The van der Waals surface area contributed by atoms with Gasteiger partial charge in [-0.2, -0.15) is 0 Å². The normalized spacial score (nSPS) is 11.5. The second kappa shape index (κ2) is 7.40. The predicted molar refractivity (Wildman–Crippen MR) is 84.8 cm³/mol. The first-order valence-corrected chi connectivity index (χ1v) is 6.96. The molecule has 0 saturated heterocycles. The summed E-state index contributed by atoms with van der Waals surface area (Å²) in [4.78, 5) is 22.4. The number of methoxy groups -OCH3 is 1. The molecule has 8 heteroatoms. The third-order valence-electron chi connectivity index (χ3n) is 3.13. The van der Waals surface area contributed by atoms with E-state index in [1.807, 2.05) is 0 Å². The minimum atomic E-state index is -0.910. The van der Waals surface area contributed by atoms with Crippen LogP contribution in [-0.2, 0) is 4.79 Å². The molecule has 0 heterocycles. The van der Waals surface area contributed by atoms with Crippen molar-refractivity contribution in [2.75, 3.05) is 12.4 Å². The summed E-state index contributed by atoms with van der Waals surface area (Å²) in [6.45, 7) is 1.50. The van der Waals surface area contributed by atoms with Crippen LogP contribution < -0.4 is 14.8 Å². The van der Waals surface area contributed by atoms with E-state index >= 15 is 0 Å². The Kier molecular flexibility index (Phi) is 5.31. The number of nitrogens with zero attached hydrogens (tertiary/aromatic N) is 1. The molecule has 7 nitrogen and oxygen atoms in total. The number of nitrogens with one attached hydrogen (secondary N) is 1. The van der Waals surface area contributed by atoms with Crippen molar-refractivity contribution in [1.82, 2.24) is 0 Å². The SMILES string of the molecule is COc1cc([N+](=O)[O-])ccc1NC(=O)[C@@H](C)Oc1cccc(F)c1. The molecule has 24 heavy (non-hydrogen) atoms. The standard InChI is InChI=1S/C16H15FN2O5/c1-10(24-13-5-3-4-11(17)8-13)16(20)18-14-7-6-12(19(21)22)9-15(14)23-2/h3-10H,1-2H3,(H,18,20)/t10-/m1/s1. The number of amides is 1. The van der Waals surface area contributed by atoms with Gasteiger partial charge in [0.05, 0.1) is 23.8 Å². The Morgan fingerprint density at radius 2 is 2.04 bits per heavy atom. The van der Waals surface area contributed by atoms with Crippen LogP contribution in [0.25, 0.3) is 0 Å². The van der Waals surface area contributed by atoms with E-state index in [9.17, 15) is 19.3 Å². The fourth-order valence-corrected chi connectivity index (χ4v) is 1.93. The third kappa shape index (κ3) is 4.19. The van der Waals surface area contributed by atoms with Crippen LogP contribution in [0.2, 0.25) is 0 Å². The van der Waals surface area contributed by atoms with E-state index in [4.69, 9.17) is 9.47 Å². The molecule has 1 N–H and O–H groups in total. The highest BCUT2D eigenvalue weighted by Gasteiger charge is 2.18. The molecule has 2 aromatic carbocycles. The maximum absolute atomic E-state index is 13.1. The van der Waals surface area contributed by atoms with Gasteiger partial charge in [-0.05, 0) is 25.1 Å². The van der Waals surface area contributed by atoms with E-state index < -0.39 is 22.8 Å². The topological polar surface area (TPSA) is 90.7 Å². The average Bonchev–Trinajstić information content (AvgIpc) is 2.54. The van der Waals surface area contributed by atoms with Gasteiger partial charge in [0, 0.05) is 12.1 Å². The highest BCUT2D eigenvalue weighted by atomic mass is 19.1. The van der Waals surface area contributed by atoms with Crippen molar-refractivity contribution < 1.29 is 23.6 Å². The summed E-state index contributed by atoms with van der Waals surface area (Å²) in [5.74, 6) is -0.618. The van der Waals surface area contributed by atoms with E-state index in [0.29, 0.717) is 0 Å². The smallest absolute Gasteiger partial charge is 0.273 e. The zero-order valence-electron chi connectivity index (χ0n) is 13.0. The fourth-order valence-electron chi connectivity index (χ4n) is 1.93. The largest absolute Gasteiger partial charge is 0.494 e. The van der Waals surface area contributed by atoms with Crippen LogP contribution in [0.1, 0.15) is 6.92 Å². The molecule has 2 aromatic rings. The summed E-state index contributed by atoms with van der Waals surface area (Å²) < 4.78 is 23.5. The Morgan fingerprint density at radius 1 is 1.29 bits per heavy atom. The van der Waals surface area contributed by atoms with Crippen molar-refractivity contribution in [3.8, 4) is 11.5 Å². The lowest BCUT2D eigenvalue weighted by atomic mass is 10.2. The Hall–Kier alpha value is -3.16. The first kappa shape index (κ1) is 17.2. The molecule has 126 valence electrons. The van der Waals surface area contributed by atoms with E-state index in [1.54, 1.807) is 0 Å². The fraction of sp³-hybridized carbons (Fsp3) is 0.188. The molecule has 0 unspecified atom stereocenters. The van der Waals surface area contributed by atoms with Crippen LogP contribution >= 0.6 is 0 Å². The Bertz CT molecular complexity index is 766. The monoisotopic (exact) mass is 334 g/mol. The van der Waals surface area contributed by atoms with Crippen LogP contribution in [0.15, 0.2) is 42.5 Å². The number of carbonyl (C=O) groups excluding carboxylic acids is 1. The molecule has 0 radical (unpaired) electrons. The van der Waals surface area contributed by atoms with Crippen LogP contribution in [0.4, 0.5) is 15.8 Å². The van der Waals surface area contributed by atoms with Gasteiger partial charge < -0.3 is 14.8 Å². The van der Waals surface area contributed by atoms with Crippen molar-refractivity contribution >= 4 is 17.3 Å². The first-order chi connectivity index (χ1) is 11.4. The Balaban J connectivity index is 2.09. The van der Waals surface area contributed by atoms with E-state index in [-0.39, 0.29) is 22.9 Å². The average molecular weight is 334 g/mol. The molecule has 0 aliphatic carbocycles. The summed E-state index contributed by atoms with van der Waals surface area (Å²) in [6.07, 6.45) is -0.910. The molecule has 1 atom stereocenters. The number of ether oxygens (including phenoxy) is 2.